The zero-order valence-corrected chi connectivity index (χ0v) is 14.1. The Morgan fingerprint density at radius 2 is 1.95 bits per heavy atom. The third-order valence-corrected chi connectivity index (χ3v) is 4.81. The molecule has 1 saturated heterocycles. The molecule has 0 bridgehead atoms. The monoisotopic (exact) mass is 315 g/mol. The number of hydrogen-bond donors (Lipinski definition) is 0. The quantitative estimate of drug-likeness (QED) is 0.851. The van der Waals surface area contributed by atoms with Crippen LogP contribution in [0.15, 0.2) is 0 Å². The normalized spacial score (nSPS) is 18.1. The van der Waals surface area contributed by atoms with Gasteiger partial charge in [-0.05, 0) is 39.3 Å². The van der Waals surface area contributed by atoms with Gasteiger partial charge in [-0.3, -0.25) is 0 Å². The lowest BCUT2D eigenvalue weighted by atomic mass is 10.2. The van der Waals surface area contributed by atoms with Crippen molar-refractivity contribution in [2.45, 2.75) is 32.4 Å². The molecular formula is C13H22ClN5S. The van der Waals surface area contributed by atoms with Crippen LogP contribution in [0.5, 0.6) is 0 Å². The molecule has 1 aromatic rings. The Hall–Kier alpha value is -0.750. The van der Waals surface area contributed by atoms with E-state index in [1.165, 1.54) is 0 Å². The van der Waals surface area contributed by atoms with Gasteiger partial charge in [0.2, 0.25) is 17.2 Å². The van der Waals surface area contributed by atoms with Gasteiger partial charge >= 0.3 is 0 Å². The van der Waals surface area contributed by atoms with E-state index in [2.05, 4.69) is 52.4 Å². The Bertz CT molecular complexity index is 464. The molecule has 2 rings (SSSR count). The molecule has 0 N–H and O–H groups in total. The molecule has 2 heterocycles. The minimum atomic E-state index is 0.215. The molecule has 112 valence electrons. The number of thioether (sulfide) groups is 1. The lowest BCUT2D eigenvalue weighted by Crippen LogP contribution is -2.44. The lowest BCUT2D eigenvalue weighted by Gasteiger charge is -2.37. The molecular weight excluding hydrogens is 294 g/mol. The first-order chi connectivity index (χ1) is 9.45. The standard InChI is InChI=1S/C13H22ClN5S/c1-5-18(6-2)11-15-10(14)16-12(17-11)19-7-8-20-13(3,4)9-19/h5-9H2,1-4H3. The van der Waals surface area contributed by atoms with Crippen LogP contribution >= 0.6 is 23.4 Å². The first kappa shape index (κ1) is 15.6. The molecule has 0 spiro atoms. The molecule has 0 atom stereocenters. The molecule has 0 radical (unpaired) electrons. The molecule has 0 saturated carbocycles. The number of rotatable bonds is 4. The van der Waals surface area contributed by atoms with Gasteiger partial charge in [0.1, 0.15) is 0 Å². The summed E-state index contributed by atoms with van der Waals surface area (Å²) in [5.41, 5.74) is 0. The summed E-state index contributed by atoms with van der Waals surface area (Å²) < 4.78 is 0.215. The Labute approximate surface area is 130 Å². The second-order valence-electron chi connectivity index (χ2n) is 5.41. The fraction of sp³-hybridized carbons (Fsp3) is 0.769. The highest BCUT2D eigenvalue weighted by Gasteiger charge is 2.29. The van der Waals surface area contributed by atoms with Crippen LogP contribution in [0.3, 0.4) is 0 Å². The summed E-state index contributed by atoms with van der Waals surface area (Å²) in [5.74, 6) is 2.44. The van der Waals surface area contributed by atoms with E-state index in [4.69, 9.17) is 11.6 Å². The maximum Gasteiger partial charge on any atom is 0.231 e. The molecule has 1 aromatic heterocycles. The number of halogens is 1. The van der Waals surface area contributed by atoms with Gasteiger partial charge in [-0.25, -0.2) is 0 Å². The largest absolute Gasteiger partial charge is 0.341 e. The molecule has 5 nitrogen and oxygen atoms in total. The SMILES string of the molecule is CCN(CC)c1nc(Cl)nc(N2CCSC(C)(C)C2)n1. The van der Waals surface area contributed by atoms with Crippen LogP contribution in [0.2, 0.25) is 5.28 Å². The summed E-state index contributed by atoms with van der Waals surface area (Å²) >= 11 is 8.06. The topological polar surface area (TPSA) is 45.2 Å². The fourth-order valence-corrected chi connectivity index (χ4v) is 3.57. The van der Waals surface area contributed by atoms with Gasteiger partial charge in [-0.1, -0.05) is 0 Å². The molecule has 0 aliphatic carbocycles. The molecule has 0 amide bonds. The van der Waals surface area contributed by atoms with E-state index in [-0.39, 0.29) is 10.0 Å². The summed E-state index contributed by atoms with van der Waals surface area (Å²) in [6, 6.07) is 0. The van der Waals surface area contributed by atoms with Crippen molar-refractivity contribution in [1.29, 1.82) is 0 Å². The molecule has 1 aliphatic heterocycles. The van der Waals surface area contributed by atoms with Gasteiger partial charge in [-0.15, -0.1) is 0 Å². The first-order valence-electron chi connectivity index (χ1n) is 7.00. The first-order valence-corrected chi connectivity index (χ1v) is 8.37. The maximum absolute atomic E-state index is 6.08. The van der Waals surface area contributed by atoms with Gasteiger partial charge in [0.15, 0.2) is 0 Å². The predicted molar refractivity (Wildman–Crippen MR) is 87.1 cm³/mol. The second kappa shape index (κ2) is 6.35. The van der Waals surface area contributed by atoms with Crippen molar-refractivity contribution in [3.05, 3.63) is 5.28 Å². The van der Waals surface area contributed by atoms with Crippen LogP contribution < -0.4 is 9.80 Å². The minimum absolute atomic E-state index is 0.215. The summed E-state index contributed by atoms with van der Waals surface area (Å²) in [7, 11) is 0. The van der Waals surface area contributed by atoms with Gasteiger partial charge in [-0.2, -0.15) is 26.7 Å². The third kappa shape index (κ3) is 3.67. The van der Waals surface area contributed by atoms with E-state index in [0.29, 0.717) is 11.9 Å². The van der Waals surface area contributed by atoms with Crippen LogP contribution in [0, 0.1) is 0 Å². The smallest absolute Gasteiger partial charge is 0.231 e. The van der Waals surface area contributed by atoms with E-state index in [1.54, 1.807) is 0 Å². The Morgan fingerprint density at radius 3 is 2.55 bits per heavy atom. The third-order valence-electron chi connectivity index (χ3n) is 3.34. The second-order valence-corrected chi connectivity index (χ2v) is 7.55. The van der Waals surface area contributed by atoms with Crippen LogP contribution in [-0.4, -0.2) is 51.6 Å². The fourth-order valence-electron chi connectivity index (χ4n) is 2.31. The van der Waals surface area contributed by atoms with E-state index < -0.39 is 0 Å². The van der Waals surface area contributed by atoms with Gasteiger partial charge in [0.25, 0.3) is 0 Å². The summed E-state index contributed by atoms with van der Waals surface area (Å²) in [5, 5.41) is 0.271. The highest BCUT2D eigenvalue weighted by molar-refractivity contribution is 8.00. The van der Waals surface area contributed by atoms with E-state index >= 15 is 0 Å². The molecule has 7 heteroatoms. The number of anilines is 2. The number of hydrogen-bond acceptors (Lipinski definition) is 6. The number of nitrogens with zero attached hydrogens (tertiary/aromatic N) is 5. The average molecular weight is 316 g/mol. The highest BCUT2D eigenvalue weighted by Crippen LogP contribution is 2.31. The van der Waals surface area contributed by atoms with Gasteiger partial charge in [0.05, 0.1) is 0 Å². The zero-order chi connectivity index (χ0) is 14.8. The Balaban J connectivity index is 2.27. The van der Waals surface area contributed by atoms with Crippen LogP contribution in [0.1, 0.15) is 27.7 Å². The van der Waals surface area contributed by atoms with Crippen molar-refractivity contribution >= 4 is 35.3 Å². The van der Waals surface area contributed by atoms with Gasteiger partial charge in [0, 0.05) is 36.7 Å². The summed E-state index contributed by atoms with van der Waals surface area (Å²) in [6.07, 6.45) is 0. The van der Waals surface area contributed by atoms with E-state index in [0.717, 1.165) is 31.9 Å². The molecule has 20 heavy (non-hydrogen) atoms. The average Bonchev–Trinajstić information content (AvgIpc) is 2.38. The van der Waals surface area contributed by atoms with E-state index in [1.807, 2.05) is 11.8 Å². The molecule has 0 unspecified atom stereocenters. The van der Waals surface area contributed by atoms with Crippen molar-refractivity contribution in [1.82, 2.24) is 15.0 Å². The number of aromatic nitrogens is 3. The Morgan fingerprint density at radius 1 is 1.25 bits per heavy atom. The van der Waals surface area contributed by atoms with Crippen LogP contribution in [-0.2, 0) is 0 Å². The van der Waals surface area contributed by atoms with Crippen molar-refractivity contribution in [2.75, 3.05) is 41.7 Å². The van der Waals surface area contributed by atoms with Gasteiger partial charge < -0.3 is 9.80 Å². The van der Waals surface area contributed by atoms with Crippen molar-refractivity contribution in [3.63, 3.8) is 0 Å². The zero-order valence-electron chi connectivity index (χ0n) is 12.6. The molecule has 1 aliphatic rings. The predicted octanol–water partition coefficient (Wildman–Crippen LogP) is 2.70. The van der Waals surface area contributed by atoms with Crippen molar-refractivity contribution < 1.29 is 0 Å². The van der Waals surface area contributed by atoms with Crippen molar-refractivity contribution in [2.24, 2.45) is 0 Å². The maximum atomic E-state index is 6.08. The molecule has 1 fully saturated rings. The minimum Gasteiger partial charge on any atom is -0.341 e. The highest BCUT2D eigenvalue weighted by atomic mass is 35.5. The van der Waals surface area contributed by atoms with Crippen LogP contribution in [0.4, 0.5) is 11.9 Å². The molecule has 0 aromatic carbocycles. The lowest BCUT2D eigenvalue weighted by molar-refractivity contribution is 0.633. The summed E-state index contributed by atoms with van der Waals surface area (Å²) in [6.45, 7) is 12.3. The van der Waals surface area contributed by atoms with Crippen molar-refractivity contribution in [3.8, 4) is 0 Å². The van der Waals surface area contributed by atoms with E-state index in [9.17, 15) is 0 Å². The summed E-state index contributed by atoms with van der Waals surface area (Å²) in [4.78, 5) is 17.4. The Kier molecular flexibility index (Phi) is 4.96. The van der Waals surface area contributed by atoms with Crippen LogP contribution in [0.25, 0.3) is 0 Å².